The van der Waals surface area contributed by atoms with Gasteiger partial charge in [-0.1, -0.05) is 44.1 Å². The summed E-state index contributed by atoms with van der Waals surface area (Å²) in [5.74, 6) is 1.30. The minimum Gasteiger partial charge on any atom is -0.878 e. The number of rotatable bonds is 2. The van der Waals surface area contributed by atoms with Gasteiger partial charge in [-0.2, -0.15) is 0 Å². The monoisotopic (exact) mass is 214 g/mol. The molecule has 2 heteroatoms. The Morgan fingerprint density at radius 3 is 1.44 bits per heavy atom. The molecule has 1 nitrogen and oxygen atoms in total. The molecule has 0 spiro atoms. The maximum Gasteiger partial charge on any atom is 1.00 e. The minimum atomic E-state index is 0. The van der Waals surface area contributed by atoms with Crippen LogP contribution >= 0.6 is 0 Å². The smallest absolute Gasteiger partial charge is 0.878 e. The first-order valence-corrected chi connectivity index (χ1v) is 6.73. The Balaban J connectivity index is 0.00000128. The van der Waals surface area contributed by atoms with Crippen molar-refractivity contribution in [2.24, 2.45) is 11.8 Å². The molecule has 2 saturated carbocycles. The van der Waals surface area contributed by atoms with Crippen LogP contribution in [0.1, 0.15) is 64.2 Å². The largest absolute Gasteiger partial charge is 1.00 e. The van der Waals surface area contributed by atoms with Crippen LogP contribution in [0.4, 0.5) is 0 Å². The van der Waals surface area contributed by atoms with Gasteiger partial charge in [0.25, 0.3) is 0 Å². The zero-order chi connectivity index (χ0) is 10.5. The van der Waals surface area contributed by atoms with Crippen molar-refractivity contribution in [2.45, 2.75) is 64.2 Å². The molecule has 86 valence electrons. The van der Waals surface area contributed by atoms with Crippen molar-refractivity contribution in [3.05, 3.63) is 11.8 Å². The van der Waals surface area contributed by atoms with Gasteiger partial charge in [-0.05, 0) is 37.5 Å². The van der Waals surface area contributed by atoms with E-state index in [-0.39, 0.29) is 18.9 Å². The third kappa shape index (κ3) is 3.57. The van der Waals surface area contributed by atoms with Gasteiger partial charge in [-0.25, -0.2) is 0 Å². The molecule has 2 aliphatic carbocycles. The summed E-state index contributed by atoms with van der Waals surface area (Å²) in [5, 5.41) is 11.3. The van der Waals surface area contributed by atoms with Crippen LogP contribution in [-0.4, -0.2) is 0 Å². The molecule has 2 fully saturated rings. The number of hydrogen-bond donors (Lipinski definition) is 0. The van der Waals surface area contributed by atoms with E-state index in [4.69, 9.17) is 0 Å². The third-order valence-electron chi connectivity index (χ3n) is 4.29. The van der Waals surface area contributed by atoms with E-state index < -0.39 is 0 Å². The molecule has 2 aliphatic rings. The first-order valence-electron chi connectivity index (χ1n) is 6.73. The van der Waals surface area contributed by atoms with E-state index in [9.17, 15) is 5.11 Å². The van der Waals surface area contributed by atoms with Crippen molar-refractivity contribution in [3.63, 3.8) is 0 Å². The first-order chi connectivity index (χ1) is 7.42. The summed E-state index contributed by atoms with van der Waals surface area (Å²) >= 11 is 0. The molecule has 0 aromatic rings. The van der Waals surface area contributed by atoms with Crippen molar-refractivity contribution in [2.75, 3.05) is 0 Å². The van der Waals surface area contributed by atoms with E-state index in [0.717, 1.165) is 0 Å². The quantitative estimate of drug-likeness (QED) is 0.482. The van der Waals surface area contributed by atoms with E-state index in [2.05, 4.69) is 0 Å². The predicted octanol–water partition coefficient (Wildman–Crippen LogP) is 0.395. The molecule has 0 aromatic heterocycles. The molecular weight excluding hydrogens is 191 g/mol. The van der Waals surface area contributed by atoms with Crippen LogP contribution in [0.15, 0.2) is 11.8 Å². The Kier molecular flexibility index (Phi) is 6.62. The van der Waals surface area contributed by atoms with E-state index in [1.807, 2.05) is 0 Å². The molecule has 0 unspecified atom stereocenters. The molecule has 0 amide bonds. The van der Waals surface area contributed by atoms with Gasteiger partial charge in [0.1, 0.15) is 0 Å². The second-order valence-electron chi connectivity index (χ2n) is 5.29. The van der Waals surface area contributed by atoms with Crippen LogP contribution in [0.2, 0.25) is 0 Å². The maximum absolute atomic E-state index is 11.3. The summed E-state index contributed by atoms with van der Waals surface area (Å²) in [5.41, 5.74) is 1.29. The molecule has 0 atom stereocenters. The third-order valence-corrected chi connectivity index (χ3v) is 4.29. The summed E-state index contributed by atoms with van der Waals surface area (Å²) in [4.78, 5) is 0. The molecule has 0 aliphatic heterocycles. The summed E-state index contributed by atoms with van der Waals surface area (Å²) in [6.45, 7) is 0. The van der Waals surface area contributed by atoms with E-state index in [0.29, 0.717) is 11.8 Å². The summed E-state index contributed by atoms with van der Waals surface area (Å²) in [7, 11) is 0. The van der Waals surface area contributed by atoms with Gasteiger partial charge in [0.05, 0.1) is 0 Å². The average Bonchev–Trinajstić information content (AvgIpc) is 2.33. The molecule has 2 rings (SSSR count). The van der Waals surface area contributed by atoms with Crippen LogP contribution in [0.25, 0.3) is 0 Å². The minimum absolute atomic E-state index is 0. The molecular formula is C14H23LiO. The molecule has 0 radical (unpaired) electrons. The zero-order valence-corrected chi connectivity index (χ0v) is 10.7. The van der Waals surface area contributed by atoms with Gasteiger partial charge in [-0.15, -0.1) is 6.26 Å². The molecule has 0 aromatic carbocycles. The fourth-order valence-electron chi connectivity index (χ4n) is 3.40. The van der Waals surface area contributed by atoms with Gasteiger partial charge in [0.15, 0.2) is 0 Å². The topological polar surface area (TPSA) is 23.1 Å². The van der Waals surface area contributed by atoms with Gasteiger partial charge in [0.2, 0.25) is 0 Å². The van der Waals surface area contributed by atoms with Crippen molar-refractivity contribution >= 4 is 0 Å². The standard InChI is InChI=1S/C14H24O.Li/c15-11-14(12-7-3-1-4-8-12)13-9-5-2-6-10-13;/h11-13,15H,1-10H2;/q;+1/p-1. The second kappa shape index (κ2) is 7.46. The van der Waals surface area contributed by atoms with Crippen molar-refractivity contribution in [1.29, 1.82) is 0 Å². The molecule has 0 bridgehead atoms. The first kappa shape index (κ1) is 14.2. The van der Waals surface area contributed by atoms with Gasteiger partial charge >= 0.3 is 18.9 Å². The van der Waals surface area contributed by atoms with Crippen LogP contribution in [0.5, 0.6) is 0 Å². The van der Waals surface area contributed by atoms with Crippen molar-refractivity contribution in [1.82, 2.24) is 0 Å². The molecule has 16 heavy (non-hydrogen) atoms. The Morgan fingerprint density at radius 2 is 1.12 bits per heavy atom. The van der Waals surface area contributed by atoms with Crippen molar-refractivity contribution in [3.8, 4) is 0 Å². The van der Waals surface area contributed by atoms with Crippen LogP contribution in [0.3, 0.4) is 0 Å². The van der Waals surface area contributed by atoms with Crippen LogP contribution < -0.4 is 24.0 Å². The molecule has 0 N–H and O–H groups in total. The van der Waals surface area contributed by atoms with Gasteiger partial charge in [-0.3, -0.25) is 0 Å². The van der Waals surface area contributed by atoms with Gasteiger partial charge in [0, 0.05) is 0 Å². The predicted molar refractivity (Wildman–Crippen MR) is 61.2 cm³/mol. The molecule has 0 saturated heterocycles. The average molecular weight is 214 g/mol. The number of allylic oxidation sites excluding steroid dienone is 1. The summed E-state index contributed by atoms with van der Waals surface area (Å²) in [6.07, 6.45) is 14.5. The SMILES string of the molecule is [Li+].[O-]C=C(C1CCCCC1)C1CCCCC1. The molecule has 0 heterocycles. The fourth-order valence-corrected chi connectivity index (χ4v) is 3.40. The van der Waals surface area contributed by atoms with E-state index in [1.54, 1.807) is 0 Å². The fraction of sp³-hybridized carbons (Fsp3) is 0.857. The van der Waals surface area contributed by atoms with Gasteiger partial charge < -0.3 is 5.11 Å². The van der Waals surface area contributed by atoms with Crippen LogP contribution in [0, 0.1) is 11.8 Å². The normalized spacial score (nSPS) is 23.5. The summed E-state index contributed by atoms with van der Waals surface area (Å²) in [6, 6.07) is 0. The number of hydrogen-bond acceptors (Lipinski definition) is 1. The maximum atomic E-state index is 11.3. The van der Waals surface area contributed by atoms with Crippen molar-refractivity contribution < 1.29 is 24.0 Å². The van der Waals surface area contributed by atoms with E-state index >= 15 is 0 Å². The Morgan fingerprint density at radius 1 is 0.750 bits per heavy atom. The zero-order valence-electron chi connectivity index (χ0n) is 10.7. The van der Waals surface area contributed by atoms with E-state index in [1.165, 1.54) is 76.0 Å². The Labute approximate surface area is 112 Å². The summed E-state index contributed by atoms with van der Waals surface area (Å²) < 4.78 is 0. The Hall–Kier alpha value is 0.137. The van der Waals surface area contributed by atoms with Crippen LogP contribution in [-0.2, 0) is 0 Å². The second-order valence-corrected chi connectivity index (χ2v) is 5.29. The Bertz CT molecular complexity index is 193.